The molecule has 0 radical (unpaired) electrons. The molecule has 126 valence electrons. The number of fused-ring (bicyclic) bond motifs is 1. The Morgan fingerprint density at radius 2 is 1.91 bits per heavy atom. The summed E-state index contributed by atoms with van der Waals surface area (Å²) < 4.78 is 43.8. The summed E-state index contributed by atoms with van der Waals surface area (Å²) in [5.74, 6) is 0.607. The number of halogens is 3. The standard InChI is InChI=1S/C16H18F3NO3/c17-16(18,19)13-3-1-2-10(4-13)9-23-14-5-11-7-20(15(21)22)8-12(11)6-14/h1-4,11-12,14H,5-9H2,(H,21,22)/t11-,12+,14?. The van der Waals surface area contributed by atoms with Gasteiger partial charge in [0.1, 0.15) is 0 Å². The van der Waals surface area contributed by atoms with Crippen molar-refractivity contribution in [3.8, 4) is 0 Å². The van der Waals surface area contributed by atoms with E-state index in [1.807, 2.05) is 0 Å². The number of hydrogen-bond donors (Lipinski definition) is 1. The van der Waals surface area contributed by atoms with Gasteiger partial charge >= 0.3 is 12.3 Å². The van der Waals surface area contributed by atoms with Crippen LogP contribution in [0.25, 0.3) is 0 Å². The number of amides is 1. The minimum absolute atomic E-state index is 0.00418. The summed E-state index contributed by atoms with van der Waals surface area (Å²) in [6.07, 6.45) is -3.70. The van der Waals surface area contributed by atoms with Gasteiger partial charge in [0, 0.05) is 13.1 Å². The smallest absolute Gasteiger partial charge is 0.416 e. The quantitative estimate of drug-likeness (QED) is 0.921. The second-order valence-electron chi connectivity index (χ2n) is 6.31. The molecule has 2 fully saturated rings. The lowest BCUT2D eigenvalue weighted by molar-refractivity contribution is -0.137. The highest BCUT2D eigenvalue weighted by Crippen LogP contribution is 2.39. The van der Waals surface area contributed by atoms with Crippen LogP contribution in [0.4, 0.5) is 18.0 Å². The van der Waals surface area contributed by atoms with Crippen molar-refractivity contribution in [2.75, 3.05) is 13.1 Å². The third-order valence-electron chi connectivity index (χ3n) is 4.72. The van der Waals surface area contributed by atoms with E-state index < -0.39 is 17.8 Å². The van der Waals surface area contributed by atoms with E-state index in [1.54, 1.807) is 6.07 Å². The predicted molar refractivity (Wildman–Crippen MR) is 75.8 cm³/mol. The monoisotopic (exact) mass is 329 g/mol. The zero-order valence-corrected chi connectivity index (χ0v) is 12.4. The van der Waals surface area contributed by atoms with Gasteiger partial charge in [-0.25, -0.2) is 4.79 Å². The molecule has 2 aliphatic rings. The van der Waals surface area contributed by atoms with Crippen LogP contribution in [0.1, 0.15) is 24.0 Å². The van der Waals surface area contributed by atoms with Crippen molar-refractivity contribution in [3.63, 3.8) is 0 Å². The van der Waals surface area contributed by atoms with Gasteiger partial charge in [0.2, 0.25) is 0 Å². The van der Waals surface area contributed by atoms with E-state index in [9.17, 15) is 18.0 Å². The first-order valence-corrected chi connectivity index (χ1v) is 7.58. The highest BCUT2D eigenvalue weighted by Gasteiger charge is 2.42. The summed E-state index contributed by atoms with van der Waals surface area (Å²) in [4.78, 5) is 12.4. The van der Waals surface area contributed by atoms with Crippen molar-refractivity contribution >= 4 is 6.09 Å². The first-order valence-electron chi connectivity index (χ1n) is 7.58. The van der Waals surface area contributed by atoms with Crippen molar-refractivity contribution in [1.29, 1.82) is 0 Å². The largest absolute Gasteiger partial charge is 0.465 e. The van der Waals surface area contributed by atoms with Gasteiger partial charge < -0.3 is 14.7 Å². The number of ether oxygens (including phenoxy) is 1. The molecule has 3 rings (SSSR count). The summed E-state index contributed by atoms with van der Waals surface area (Å²) in [5, 5.41) is 8.98. The number of rotatable bonds is 3. The highest BCUT2D eigenvalue weighted by atomic mass is 19.4. The number of hydrogen-bond acceptors (Lipinski definition) is 2. The molecular formula is C16H18F3NO3. The zero-order chi connectivity index (χ0) is 16.6. The third kappa shape index (κ3) is 3.60. The summed E-state index contributed by atoms with van der Waals surface area (Å²) in [7, 11) is 0. The number of benzene rings is 1. The fraction of sp³-hybridized carbons (Fsp3) is 0.562. The molecule has 0 aromatic heterocycles. The summed E-state index contributed by atoms with van der Waals surface area (Å²) in [6, 6.07) is 5.17. The first-order chi connectivity index (χ1) is 10.8. The lowest BCUT2D eigenvalue weighted by atomic mass is 10.0. The topological polar surface area (TPSA) is 49.8 Å². The Balaban J connectivity index is 1.52. The molecule has 0 bridgehead atoms. The van der Waals surface area contributed by atoms with Crippen LogP contribution in [0.3, 0.4) is 0 Å². The first kappa shape index (κ1) is 16.1. The molecule has 1 saturated heterocycles. The molecule has 1 amide bonds. The molecule has 1 aromatic rings. The van der Waals surface area contributed by atoms with Gasteiger partial charge in [0.05, 0.1) is 18.3 Å². The van der Waals surface area contributed by atoms with Crippen LogP contribution in [-0.4, -0.2) is 35.3 Å². The number of carbonyl (C=O) groups is 1. The van der Waals surface area contributed by atoms with Crippen molar-refractivity contribution < 1.29 is 27.8 Å². The minimum Gasteiger partial charge on any atom is -0.465 e. The maximum atomic E-state index is 12.7. The van der Waals surface area contributed by atoms with Crippen molar-refractivity contribution in [2.45, 2.75) is 31.7 Å². The van der Waals surface area contributed by atoms with Gasteiger partial charge in [0.25, 0.3) is 0 Å². The normalized spacial score (nSPS) is 27.3. The number of nitrogens with zero attached hydrogens (tertiary/aromatic N) is 1. The van der Waals surface area contributed by atoms with E-state index in [4.69, 9.17) is 9.84 Å². The molecular weight excluding hydrogens is 311 g/mol. The Labute approximate surface area is 131 Å². The molecule has 4 nitrogen and oxygen atoms in total. The second-order valence-corrected chi connectivity index (χ2v) is 6.31. The van der Waals surface area contributed by atoms with E-state index in [0.717, 1.165) is 25.0 Å². The van der Waals surface area contributed by atoms with Crippen LogP contribution in [-0.2, 0) is 17.5 Å². The van der Waals surface area contributed by atoms with Crippen LogP contribution in [0.15, 0.2) is 24.3 Å². The van der Waals surface area contributed by atoms with Gasteiger partial charge in [-0.05, 0) is 42.4 Å². The Morgan fingerprint density at radius 3 is 2.48 bits per heavy atom. The Kier molecular flexibility index (Phi) is 4.23. The lowest BCUT2D eigenvalue weighted by Crippen LogP contribution is -2.28. The van der Waals surface area contributed by atoms with Crippen molar-refractivity contribution in [2.24, 2.45) is 11.8 Å². The lowest BCUT2D eigenvalue weighted by Gasteiger charge is -2.17. The van der Waals surface area contributed by atoms with Crippen molar-refractivity contribution in [3.05, 3.63) is 35.4 Å². The fourth-order valence-electron chi connectivity index (χ4n) is 3.59. The summed E-state index contributed by atoms with van der Waals surface area (Å²) in [6.45, 7) is 1.21. The predicted octanol–water partition coefficient (Wildman–Crippen LogP) is 3.61. The number of alkyl halides is 3. The zero-order valence-electron chi connectivity index (χ0n) is 12.4. The van der Waals surface area contributed by atoms with Gasteiger partial charge in [-0.1, -0.05) is 12.1 Å². The molecule has 7 heteroatoms. The van der Waals surface area contributed by atoms with Gasteiger partial charge in [-0.2, -0.15) is 13.2 Å². The van der Waals surface area contributed by atoms with E-state index in [-0.39, 0.29) is 12.7 Å². The molecule has 3 atom stereocenters. The van der Waals surface area contributed by atoms with Crippen LogP contribution in [0, 0.1) is 11.8 Å². The Hall–Kier alpha value is -1.76. The van der Waals surface area contributed by atoms with Gasteiger partial charge in [-0.3, -0.25) is 0 Å². The second kappa shape index (κ2) is 6.03. The molecule has 1 aromatic carbocycles. The summed E-state index contributed by atoms with van der Waals surface area (Å²) in [5.41, 5.74) is -0.164. The molecule has 1 N–H and O–H groups in total. The number of likely N-dealkylation sites (tertiary alicyclic amines) is 1. The Bertz CT molecular complexity index is 576. The maximum Gasteiger partial charge on any atom is 0.416 e. The van der Waals surface area contributed by atoms with Gasteiger partial charge in [0.15, 0.2) is 0 Å². The van der Waals surface area contributed by atoms with Crippen molar-refractivity contribution in [1.82, 2.24) is 4.90 Å². The summed E-state index contributed by atoms with van der Waals surface area (Å²) >= 11 is 0. The van der Waals surface area contributed by atoms with Crippen LogP contribution < -0.4 is 0 Å². The highest BCUT2D eigenvalue weighted by molar-refractivity contribution is 5.65. The number of carboxylic acid groups (broad SMARTS) is 1. The fourth-order valence-corrected chi connectivity index (χ4v) is 3.59. The molecule has 0 spiro atoms. The molecule has 1 aliphatic carbocycles. The van der Waals surface area contributed by atoms with Crippen LogP contribution in [0.2, 0.25) is 0 Å². The van der Waals surface area contributed by atoms with E-state index >= 15 is 0 Å². The third-order valence-corrected chi connectivity index (χ3v) is 4.72. The molecule has 1 saturated carbocycles. The minimum atomic E-state index is -4.35. The molecule has 23 heavy (non-hydrogen) atoms. The van der Waals surface area contributed by atoms with E-state index in [2.05, 4.69) is 0 Å². The molecule has 1 unspecified atom stereocenters. The van der Waals surface area contributed by atoms with Crippen LogP contribution in [0.5, 0.6) is 0 Å². The molecule has 1 aliphatic heterocycles. The maximum absolute atomic E-state index is 12.7. The van der Waals surface area contributed by atoms with E-state index in [0.29, 0.717) is 30.5 Å². The van der Waals surface area contributed by atoms with Crippen LogP contribution >= 0.6 is 0 Å². The van der Waals surface area contributed by atoms with E-state index in [1.165, 1.54) is 11.0 Å². The average molecular weight is 329 g/mol. The Morgan fingerprint density at radius 1 is 1.26 bits per heavy atom. The van der Waals surface area contributed by atoms with Gasteiger partial charge in [-0.15, -0.1) is 0 Å². The average Bonchev–Trinajstić information content (AvgIpc) is 3.02. The molecule has 1 heterocycles. The SMILES string of the molecule is O=C(O)N1C[C@H]2CC(OCc3cccc(C(F)(F)F)c3)C[C@H]2C1.